The SMILES string of the molecule is CC[S@](=O)CC(O)CF. The Kier molecular flexibility index (Phi) is 4.90. The number of hydrogen-bond acceptors (Lipinski definition) is 2. The molecule has 0 aliphatic rings. The van der Waals surface area contributed by atoms with E-state index in [4.69, 9.17) is 5.11 Å². The van der Waals surface area contributed by atoms with Crippen molar-refractivity contribution in [3.05, 3.63) is 0 Å². The van der Waals surface area contributed by atoms with Gasteiger partial charge in [-0.05, 0) is 0 Å². The number of hydrogen-bond donors (Lipinski definition) is 1. The lowest BCUT2D eigenvalue weighted by molar-refractivity contribution is 0.161. The maximum absolute atomic E-state index is 11.5. The summed E-state index contributed by atoms with van der Waals surface area (Å²) in [6, 6.07) is 0. The molecule has 1 N–H and O–H groups in total. The average molecular weight is 154 g/mol. The van der Waals surface area contributed by atoms with Crippen LogP contribution in [0.25, 0.3) is 0 Å². The Morgan fingerprint density at radius 3 is 2.67 bits per heavy atom. The van der Waals surface area contributed by atoms with E-state index in [9.17, 15) is 8.60 Å². The summed E-state index contributed by atoms with van der Waals surface area (Å²) in [6.07, 6.45) is -1.04. The molecule has 0 saturated carbocycles. The molecule has 0 amide bonds. The van der Waals surface area contributed by atoms with Crippen LogP contribution < -0.4 is 0 Å². The Bertz CT molecular complexity index is 97.0. The van der Waals surface area contributed by atoms with Crippen LogP contribution >= 0.6 is 0 Å². The number of rotatable bonds is 4. The fourth-order valence-corrected chi connectivity index (χ4v) is 1.13. The fourth-order valence-electron chi connectivity index (χ4n) is 0.377. The highest BCUT2D eigenvalue weighted by Gasteiger charge is 2.05. The highest BCUT2D eigenvalue weighted by molar-refractivity contribution is 7.84. The van der Waals surface area contributed by atoms with E-state index in [1.807, 2.05) is 0 Å². The second-order valence-electron chi connectivity index (χ2n) is 1.70. The summed E-state index contributed by atoms with van der Waals surface area (Å²) in [5, 5.41) is 8.59. The highest BCUT2D eigenvalue weighted by atomic mass is 32.2. The quantitative estimate of drug-likeness (QED) is 0.623. The van der Waals surface area contributed by atoms with Crippen molar-refractivity contribution in [2.24, 2.45) is 0 Å². The second kappa shape index (κ2) is 4.88. The maximum Gasteiger partial charge on any atom is 0.116 e. The third-order valence-electron chi connectivity index (χ3n) is 0.878. The van der Waals surface area contributed by atoms with Gasteiger partial charge < -0.3 is 5.11 Å². The first-order valence-corrected chi connectivity index (χ1v) is 4.28. The fraction of sp³-hybridized carbons (Fsp3) is 1.00. The first kappa shape index (κ1) is 9.04. The molecule has 0 aliphatic carbocycles. The van der Waals surface area contributed by atoms with Gasteiger partial charge in [0.05, 0.1) is 11.9 Å². The molecule has 0 spiro atoms. The summed E-state index contributed by atoms with van der Waals surface area (Å²) in [5.74, 6) is 0.546. The highest BCUT2D eigenvalue weighted by Crippen LogP contribution is 1.89. The van der Waals surface area contributed by atoms with Crippen molar-refractivity contribution in [1.29, 1.82) is 0 Å². The van der Waals surface area contributed by atoms with E-state index in [1.165, 1.54) is 0 Å². The topological polar surface area (TPSA) is 37.3 Å². The van der Waals surface area contributed by atoms with E-state index in [-0.39, 0.29) is 5.75 Å². The molecule has 0 saturated heterocycles. The van der Waals surface area contributed by atoms with Crippen LogP contribution in [-0.4, -0.2) is 33.6 Å². The average Bonchev–Trinajstić information content (AvgIpc) is 1.87. The zero-order valence-corrected chi connectivity index (χ0v) is 6.16. The van der Waals surface area contributed by atoms with E-state index in [1.54, 1.807) is 6.92 Å². The smallest absolute Gasteiger partial charge is 0.116 e. The summed E-state index contributed by atoms with van der Waals surface area (Å²) in [6.45, 7) is 0.937. The molecule has 0 aliphatic heterocycles. The minimum absolute atomic E-state index is 0.0625. The summed E-state index contributed by atoms with van der Waals surface area (Å²) in [5.41, 5.74) is 0. The maximum atomic E-state index is 11.5. The first-order chi connectivity index (χ1) is 4.20. The van der Waals surface area contributed by atoms with E-state index in [0.717, 1.165) is 0 Å². The van der Waals surface area contributed by atoms with Gasteiger partial charge >= 0.3 is 0 Å². The standard InChI is InChI=1S/C5H11FO2S/c1-2-9(8)4-5(7)3-6/h5,7H,2-4H2,1H3/t5?,9-/m0/s1. The molecule has 2 atom stereocenters. The van der Waals surface area contributed by atoms with Gasteiger partial charge in [-0.3, -0.25) is 4.21 Å². The Labute approximate surface area is 56.5 Å². The zero-order valence-electron chi connectivity index (χ0n) is 5.34. The predicted molar refractivity (Wildman–Crippen MR) is 35.5 cm³/mol. The summed E-state index contributed by atoms with van der Waals surface area (Å²) < 4.78 is 22.1. The van der Waals surface area contributed by atoms with Crippen LogP contribution in [0.2, 0.25) is 0 Å². The van der Waals surface area contributed by atoms with Crippen molar-refractivity contribution in [2.45, 2.75) is 13.0 Å². The molecular weight excluding hydrogens is 143 g/mol. The Balaban J connectivity index is 3.34. The lowest BCUT2D eigenvalue weighted by atomic mass is 10.5. The van der Waals surface area contributed by atoms with Gasteiger partial charge in [-0.2, -0.15) is 0 Å². The van der Waals surface area contributed by atoms with Crippen molar-refractivity contribution < 1.29 is 13.7 Å². The molecule has 0 fully saturated rings. The number of aliphatic hydroxyl groups excluding tert-OH is 1. The van der Waals surface area contributed by atoms with Crippen LogP contribution in [0.4, 0.5) is 4.39 Å². The second-order valence-corrected chi connectivity index (χ2v) is 3.49. The van der Waals surface area contributed by atoms with Gasteiger partial charge in [-0.15, -0.1) is 0 Å². The molecule has 0 aromatic heterocycles. The zero-order chi connectivity index (χ0) is 7.28. The van der Waals surface area contributed by atoms with Crippen molar-refractivity contribution in [3.8, 4) is 0 Å². The van der Waals surface area contributed by atoms with E-state index < -0.39 is 23.6 Å². The molecule has 56 valence electrons. The first-order valence-electron chi connectivity index (χ1n) is 2.79. The molecule has 2 nitrogen and oxygen atoms in total. The Morgan fingerprint density at radius 2 is 2.33 bits per heavy atom. The van der Waals surface area contributed by atoms with Gasteiger partial charge in [-0.1, -0.05) is 6.92 Å². The summed E-state index contributed by atoms with van der Waals surface area (Å²) in [7, 11) is -1.05. The monoisotopic (exact) mass is 154 g/mol. The van der Waals surface area contributed by atoms with Crippen LogP contribution in [0.5, 0.6) is 0 Å². The molecule has 4 heteroatoms. The van der Waals surface area contributed by atoms with Crippen molar-refractivity contribution in [3.63, 3.8) is 0 Å². The normalized spacial score (nSPS) is 17.2. The summed E-state index contributed by atoms with van der Waals surface area (Å²) in [4.78, 5) is 0. The molecule has 0 rings (SSSR count). The van der Waals surface area contributed by atoms with Crippen LogP contribution in [-0.2, 0) is 10.8 Å². The van der Waals surface area contributed by atoms with Gasteiger partial charge in [0.25, 0.3) is 0 Å². The van der Waals surface area contributed by atoms with Gasteiger partial charge in [0.2, 0.25) is 0 Å². The lowest BCUT2D eigenvalue weighted by Gasteiger charge is -2.02. The van der Waals surface area contributed by atoms with Gasteiger partial charge in [0.15, 0.2) is 0 Å². The molecule has 0 aromatic carbocycles. The molecule has 0 bridgehead atoms. The lowest BCUT2D eigenvalue weighted by Crippen LogP contribution is -2.19. The molecular formula is C5H11FO2S. The number of halogens is 1. The van der Waals surface area contributed by atoms with E-state index >= 15 is 0 Å². The third kappa shape index (κ3) is 4.54. The molecule has 0 heterocycles. The minimum Gasteiger partial charge on any atom is -0.389 e. The van der Waals surface area contributed by atoms with Crippen LogP contribution in [0.15, 0.2) is 0 Å². The van der Waals surface area contributed by atoms with Crippen LogP contribution in [0, 0.1) is 0 Å². The number of aliphatic hydroxyl groups is 1. The Hall–Kier alpha value is 0.0400. The third-order valence-corrected chi connectivity index (χ3v) is 2.28. The van der Waals surface area contributed by atoms with Crippen molar-refractivity contribution >= 4 is 10.8 Å². The number of alkyl halides is 1. The van der Waals surface area contributed by atoms with Crippen molar-refractivity contribution in [2.75, 3.05) is 18.2 Å². The molecule has 1 unspecified atom stereocenters. The van der Waals surface area contributed by atoms with Gasteiger partial charge in [-0.25, -0.2) is 4.39 Å². The largest absolute Gasteiger partial charge is 0.389 e. The molecule has 0 radical (unpaired) electrons. The van der Waals surface area contributed by atoms with Crippen molar-refractivity contribution in [1.82, 2.24) is 0 Å². The predicted octanol–water partition coefficient (Wildman–Crippen LogP) is 0.0854. The van der Waals surface area contributed by atoms with E-state index in [2.05, 4.69) is 0 Å². The summed E-state index contributed by atoms with van der Waals surface area (Å²) >= 11 is 0. The van der Waals surface area contributed by atoms with Gasteiger partial charge in [0.1, 0.15) is 6.67 Å². The van der Waals surface area contributed by atoms with Crippen LogP contribution in [0.1, 0.15) is 6.92 Å². The Morgan fingerprint density at radius 1 is 1.78 bits per heavy atom. The minimum atomic E-state index is -1.05. The van der Waals surface area contributed by atoms with E-state index in [0.29, 0.717) is 5.75 Å². The molecule has 9 heavy (non-hydrogen) atoms. The van der Waals surface area contributed by atoms with Gasteiger partial charge in [0, 0.05) is 16.6 Å². The molecule has 0 aromatic rings. The van der Waals surface area contributed by atoms with Crippen LogP contribution in [0.3, 0.4) is 0 Å².